The maximum absolute atomic E-state index is 12.2. The quantitative estimate of drug-likeness (QED) is 0.861. The number of ether oxygens (including phenoxy) is 1. The summed E-state index contributed by atoms with van der Waals surface area (Å²) in [6.45, 7) is 0. The minimum atomic E-state index is -0.366. The van der Waals surface area contributed by atoms with E-state index in [4.69, 9.17) is 0 Å². The summed E-state index contributed by atoms with van der Waals surface area (Å²) < 4.78 is 4.68. The number of hydrogen-bond donors (Lipinski definition) is 1. The summed E-state index contributed by atoms with van der Waals surface area (Å²) in [5.41, 5.74) is 0.568. The van der Waals surface area contributed by atoms with Gasteiger partial charge in [-0.1, -0.05) is 24.3 Å². The van der Waals surface area contributed by atoms with Crippen molar-refractivity contribution >= 4 is 23.2 Å². The highest BCUT2D eigenvalue weighted by Crippen LogP contribution is 2.23. The highest BCUT2D eigenvalue weighted by Gasteiger charge is 2.20. The Bertz CT molecular complexity index is 566. The number of methoxy groups -OCH3 is 1. The number of esters is 1. The molecule has 1 aromatic heterocycles. The van der Waals surface area contributed by atoms with Crippen molar-refractivity contribution in [1.82, 2.24) is 5.32 Å². The highest BCUT2D eigenvalue weighted by atomic mass is 32.1. The summed E-state index contributed by atoms with van der Waals surface area (Å²) >= 11 is 1.50. The smallest absolute Gasteiger partial charge is 0.307 e. The minimum Gasteiger partial charge on any atom is -0.469 e. The summed E-state index contributed by atoms with van der Waals surface area (Å²) in [6.07, 6.45) is 0.121. The zero-order chi connectivity index (χ0) is 14.4. The van der Waals surface area contributed by atoms with Crippen LogP contribution in [-0.4, -0.2) is 19.0 Å². The molecule has 0 saturated carbocycles. The molecule has 1 amide bonds. The van der Waals surface area contributed by atoms with Gasteiger partial charge in [-0.05, 0) is 23.6 Å². The second-order valence-corrected chi connectivity index (χ2v) is 5.17. The first-order valence-electron chi connectivity index (χ1n) is 6.17. The number of nitrogens with one attached hydrogen (secondary N) is 1. The Labute approximate surface area is 121 Å². The minimum absolute atomic E-state index is 0.121. The Hall–Kier alpha value is -2.14. The molecule has 104 valence electrons. The van der Waals surface area contributed by atoms with E-state index < -0.39 is 0 Å². The average Bonchev–Trinajstić information content (AvgIpc) is 3.01. The molecule has 2 rings (SSSR count). The third-order valence-electron chi connectivity index (χ3n) is 2.83. The standard InChI is InChI=1S/C15H15NO3S/c1-19-14(17)10-12(13-8-5-9-20-13)16-15(18)11-6-3-2-4-7-11/h2-9,12H,10H2,1H3,(H,16,18)/t12-/m1/s1. The van der Waals surface area contributed by atoms with Gasteiger partial charge in [-0.25, -0.2) is 0 Å². The maximum Gasteiger partial charge on any atom is 0.307 e. The monoisotopic (exact) mass is 289 g/mol. The van der Waals surface area contributed by atoms with E-state index in [0.717, 1.165) is 4.88 Å². The molecule has 5 heteroatoms. The lowest BCUT2D eigenvalue weighted by molar-refractivity contribution is -0.141. The van der Waals surface area contributed by atoms with Gasteiger partial charge in [0.2, 0.25) is 0 Å². The molecule has 0 aliphatic carbocycles. The van der Waals surface area contributed by atoms with Crippen LogP contribution in [0.5, 0.6) is 0 Å². The van der Waals surface area contributed by atoms with Crippen LogP contribution in [0.2, 0.25) is 0 Å². The summed E-state index contributed by atoms with van der Waals surface area (Å²) in [5.74, 6) is -0.551. The highest BCUT2D eigenvalue weighted by molar-refractivity contribution is 7.10. The van der Waals surface area contributed by atoms with Crippen molar-refractivity contribution in [2.45, 2.75) is 12.5 Å². The molecule has 0 bridgehead atoms. The molecular formula is C15H15NO3S. The van der Waals surface area contributed by atoms with Gasteiger partial charge in [-0.15, -0.1) is 11.3 Å². The zero-order valence-corrected chi connectivity index (χ0v) is 11.9. The van der Waals surface area contributed by atoms with Gasteiger partial charge in [0.05, 0.1) is 19.6 Å². The fourth-order valence-corrected chi connectivity index (χ4v) is 2.57. The molecule has 1 atom stereocenters. The molecule has 0 aliphatic rings. The Morgan fingerprint density at radius 1 is 1.20 bits per heavy atom. The summed E-state index contributed by atoms with van der Waals surface area (Å²) in [7, 11) is 1.34. The van der Waals surface area contributed by atoms with Crippen molar-refractivity contribution in [3.05, 3.63) is 58.3 Å². The number of thiophene rings is 1. The lowest BCUT2D eigenvalue weighted by atomic mass is 10.1. The first-order valence-corrected chi connectivity index (χ1v) is 7.05. The lowest BCUT2D eigenvalue weighted by Gasteiger charge is -2.16. The summed E-state index contributed by atoms with van der Waals surface area (Å²) in [4.78, 5) is 24.6. The molecule has 0 radical (unpaired) electrons. The van der Waals surface area contributed by atoms with Crippen LogP contribution in [0.1, 0.15) is 27.7 Å². The molecular weight excluding hydrogens is 274 g/mol. The van der Waals surface area contributed by atoms with Crippen LogP contribution in [0, 0.1) is 0 Å². The van der Waals surface area contributed by atoms with Gasteiger partial charge < -0.3 is 10.1 Å². The van der Waals surface area contributed by atoms with E-state index in [0.29, 0.717) is 5.56 Å². The first-order chi connectivity index (χ1) is 9.70. The third-order valence-corrected chi connectivity index (χ3v) is 3.81. The number of carbonyl (C=O) groups excluding carboxylic acids is 2. The van der Waals surface area contributed by atoms with Crippen LogP contribution in [-0.2, 0) is 9.53 Å². The number of amides is 1. The van der Waals surface area contributed by atoms with Gasteiger partial charge in [0.1, 0.15) is 0 Å². The molecule has 1 aromatic carbocycles. The van der Waals surface area contributed by atoms with Crippen molar-refractivity contribution in [2.75, 3.05) is 7.11 Å². The predicted molar refractivity (Wildman–Crippen MR) is 77.6 cm³/mol. The second kappa shape index (κ2) is 6.86. The Balaban J connectivity index is 2.12. The molecule has 0 aliphatic heterocycles. The van der Waals surface area contributed by atoms with E-state index in [1.165, 1.54) is 18.4 Å². The van der Waals surface area contributed by atoms with Crippen LogP contribution >= 0.6 is 11.3 Å². The molecule has 20 heavy (non-hydrogen) atoms. The molecule has 0 saturated heterocycles. The molecule has 1 N–H and O–H groups in total. The molecule has 0 spiro atoms. The van der Waals surface area contributed by atoms with Crippen molar-refractivity contribution < 1.29 is 14.3 Å². The lowest BCUT2D eigenvalue weighted by Crippen LogP contribution is -2.29. The molecule has 1 heterocycles. The van der Waals surface area contributed by atoms with E-state index in [1.807, 2.05) is 23.6 Å². The predicted octanol–water partition coefficient (Wildman–Crippen LogP) is 2.78. The van der Waals surface area contributed by atoms with Crippen molar-refractivity contribution in [3.8, 4) is 0 Å². The van der Waals surface area contributed by atoms with Crippen molar-refractivity contribution in [1.29, 1.82) is 0 Å². The zero-order valence-electron chi connectivity index (χ0n) is 11.0. The van der Waals surface area contributed by atoms with E-state index in [1.54, 1.807) is 24.3 Å². The van der Waals surface area contributed by atoms with Crippen LogP contribution in [0.3, 0.4) is 0 Å². The Morgan fingerprint density at radius 2 is 1.95 bits per heavy atom. The first kappa shape index (κ1) is 14.3. The van der Waals surface area contributed by atoms with E-state index >= 15 is 0 Å². The molecule has 0 fully saturated rings. The fraction of sp³-hybridized carbons (Fsp3) is 0.200. The largest absolute Gasteiger partial charge is 0.469 e. The average molecular weight is 289 g/mol. The van der Waals surface area contributed by atoms with E-state index in [9.17, 15) is 9.59 Å². The van der Waals surface area contributed by atoms with Crippen LogP contribution < -0.4 is 5.32 Å². The number of benzene rings is 1. The SMILES string of the molecule is COC(=O)C[C@@H](NC(=O)c1ccccc1)c1cccs1. The van der Waals surface area contributed by atoms with Gasteiger partial charge in [-0.3, -0.25) is 9.59 Å². The van der Waals surface area contributed by atoms with Gasteiger partial charge in [0.25, 0.3) is 5.91 Å². The molecule has 0 unspecified atom stereocenters. The van der Waals surface area contributed by atoms with Gasteiger partial charge >= 0.3 is 5.97 Å². The fourth-order valence-electron chi connectivity index (χ4n) is 1.79. The second-order valence-electron chi connectivity index (χ2n) is 4.19. The van der Waals surface area contributed by atoms with Crippen LogP contribution in [0.25, 0.3) is 0 Å². The van der Waals surface area contributed by atoms with E-state index in [2.05, 4.69) is 10.1 Å². The van der Waals surface area contributed by atoms with Crippen molar-refractivity contribution in [2.24, 2.45) is 0 Å². The Morgan fingerprint density at radius 3 is 2.55 bits per heavy atom. The summed E-state index contributed by atoms with van der Waals surface area (Å²) in [5, 5.41) is 4.78. The number of carbonyl (C=O) groups is 2. The third kappa shape index (κ3) is 3.68. The normalized spacial score (nSPS) is 11.7. The number of hydrogen-bond acceptors (Lipinski definition) is 4. The number of rotatable bonds is 5. The summed E-state index contributed by atoms with van der Waals surface area (Å²) in [6, 6.07) is 12.3. The maximum atomic E-state index is 12.2. The molecule has 4 nitrogen and oxygen atoms in total. The molecule has 2 aromatic rings. The van der Waals surface area contributed by atoms with Crippen molar-refractivity contribution in [3.63, 3.8) is 0 Å². The topological polar surface area (TPSA) is 55.4 Å². The Kier molecular flexibility index (Phi) is 4.90. The van der Waals surface area contributed by atoms with Gasteiger partial charge in [0.15, 0.2) is 0 Å². The van der Waals surface area contributed by atoms with Crippen LogP contribution in [0.4, 0.5) is 0 Å². The van der Waals surface area contributed by atoms with E-state index in [-0.39, 0.29) is 24.3 Å². The van der Waals surface area contributed by atoms with Gasteiger partial charge in [-0.2, -0.15) is 0 Å². The van der Waals surface area contributed by atoms with Gasteiger partial charge in [0, 0.05) is 10.4 Å². The van der Waals surface area contributed by atoms with Crippen LogP contribution in [0.15, 0.2) is 47.8 Å².